The van der Waals surface area contributed by atoms with Gasteiger partial charge in [-0.15, -0.1) is 0 Å². The van der Waals surface area contributed by atoms with Crippen LogP contribution in [-0.2, 0) is 11.3 Å². The lowest BCUT2D eigenvalue weighted by Gasteiger charge is -2.35. The molecule has 4 nitrogen and oxygen atoms in total. The molecular formula is C20H23F2N3O. The van der Waals surface area contributed by atoms with Gasteiger partial charge < -0.3 is 10.2 Å². The Labute approximate surface area is 152 Å². The topological polar surface area (TPSA) is 35.6 Å². The minimum absolute atomic E-state index is 0.0636. The van der Waals surface area contributed by atoms with E-state index >= 15 is 0 Å². The fraction of sp³-hybridized carbons (Fsp3) is 0.350. The minimum atomic E-state index is -0.243. The smallest absolute Gasteiger partial charge is 0.234 e. The third-order valence-corrected chi connectivity index (χ3v) is 4.64. The van der Waals surface area contributed by atoms with Gasteiger partial charge in [-0.2, -0.15) is 0 Å². The maximum Gasteiger partial charge on any atom is 0.234 e. The second-order valence-corrected chi connectivity index (χ2v) is 6.57. The van der Waals surface area contributed by atoms with E-state index in [9.17, 15) is 13.6 Å². The summed E-state index contributed by atoms with van der Waals surface area (Å²) < 4.78 is 27.1. The van der Waals surface area contributed by atoms with E-state index < -0.39 is 0 Å². The van der Waals surface area contributed by atoms with Crippen LogP contribution in [0.5, 0.6) is 0 Å². The highest BCUT2D eigenvalue weighted by Gasteiger charge is 2.20. The second kappa shape index (κ2) is 8.27. The van der Waals surface area contributed by atoms with E-state index in [1.54, 1.807) is 31.2 Å². The van der Waals surface area contributed by atoms with Crippen LogP contribution in [0.15, 0.2) is 42.5 Å². The molecule has 1 saturated heterocycles. The Hall–Kier alpha value is -2.47. The number of aryl methyl sites for hydroxylation is 1. The van der Waals surface area contributed by atoms with Gasteiger partial charge in [0.2, 0.25) is 5.91 Å². The molecule has 1 heterocycles. The Morgan fingerprint density at radius 2 is 1.77 bits per heavy atom. The van der Waals surface area contributed by atoms with E-state index in [2.05, 4.69) is 10.2 Å². The summed E-state index contributed by atoms with van der Waals surface area (Å²) in [5, 5.41) is 2.87. The third-order valence-electron chi connectivity index (χ3n) is 4.64. The molecule has 6 heteroatoms. The van der Waals surface area contributed by atoms with Crippen molar-refractivity contribution in [2.45, 2.75) is 13.5 Å². The molecule has 3 rings (SSSR count). The number of hydrogen-bond donors (Lipinski definition) is 1. The normalized spacial score (nSPS) is 15.1. The highest BCUT2D eigenvalue weighted by atomic mass is 19.1. The van der Waals surface area contributed by atoms with E-state index in [-0.39, 0.29) is 17.5 Å². The molecule has 0 aliphatic carbocycles. The molecule has 0 radical (unpaired) electrons. The van der Waals surface area contributed by atoms with Crippen LogP contribution in [0.2, 0.25) is 0 Å². The fourth-order valence-electron chi connectivity index (χ4n) is 3.13. The lowest BCUT2D eigenvalue weighted by Crippen LogP contribution is -2.49. The average molecular weight is 359 g/mol. The fourth-order valence-corrected chi connectivity index (χ4v) is 3.13. The predicted molar refractivity (Wildman–Crippen MR) is 98.0 cm³/mol. The third kappa shape index (κ3) is 4.58. The Kier molecular flexibility index (Phi) is 5.83. The molecule has 0 saturated carbocycles. The molecule has 1 aliphatic rings. The highest BCUT2D eigenvalue weighted by molar-refractivity contribution is 5.78. The van der Waals surface area contributed by atoms with Crippen molar-refractivity contribution in [2.24, 2.45) is 0 Å². The first-order valence-electron chi connectivity index (χ1n) is 8.76. The number of anilines is 1. The second-order valence-electron chi connectivity index (χ2n) is 6.57. The number of para-hydroxylation sites is 1. The zero-order valence-electron chi connectivity index (χ0n) is 14.8. The molecule has 1 fully saturated rings. The minimum Gasteiger partial charge on any atom is -0.367 e. The van der Waals surface area contributed by atoms with Crippen molar-refractivity contribution < 1.29 is 13.6 Å². The Bertz CT molecular complexity index is 773. The summed E-state index contributed by atoms with van der Waals surface area (Å²) >= 11 is 0. The number of benzene rings is 2. The first-order chi connectivity index (χ1) is 12.5. The lowest BCUT2D eigenvalue weighted by molar-refractivity contribution is -0.122. The van der Waals surface area contributed by atoms with Gasteiger partial charge in [-0.25, -0.2) is 8.78 Å². The quantitative estimate of drug-likeness (QED) is 0.892. The van der Waals surface area contributed by atoms with Crippen LogP contribution in [0.3, 0.4) is 0 Å². The number of carbonyl (C=O) groups excluding carboxylic acids is 1. The predicted octanol–water partition coefficient (Wildman–Crippen LogP) is 2.71. The van der Waals surface area contributed by atoms with Gasteiger partial charge in [-0.05, 0) is 36.2 Å². The molecule has 1 N–H and O–H groups in total. The monoisotopic (exact) mass is 359 g/mol. The standard InChI is InChI=1S/C20H23F2N3O/c1-15-12-16(6-7-17(15)21)13-23-20(26)14-24-8-10-25(11-9-24)19-5-3-2-4-18(19)22/h2-7,12H,8-11,13-14H2,1H3,(H,23,26). The number of amides is 1. The molecular weight excluding hydrogens is 336 g/mol. The Morgan fingerprint density at radius 3 is 2.46 bits per heavy atom. The summed E-state index contributed by atoms with van der Waals surface area (Å²) in [4.78, 5) is 16.2. The largest absolute Gasteiger partial charge is 0.367 e. The molecule has 0 atom stereocenters. The van der Waals surface area contributed by atoms with Gasteiger partial charge in [0.1, 0.15) is 11.6 Å². The number of hydrogen-bond acceptors (Lipinski definition) is 3. The van der Waals surface area contributed by atoms with Crippen molar-refractivity contribution in [1.29, 1.82) is 0 Å². The summed E-state index contributed by atoms with van der Waals surface area (Å²) in [5.74, 6) is -0.521. The van der Waals surface area contributed by atoms with Crippen LogP contribution in [0.1, 0.15) is 11.1 Å². The number of rotatable bonds is 5. The Balaban J connectivity index is 1.44. The van der Waals surface area contributed by atoms with Crippen molar-refractivity contribution in [3.05, 3.63) is 65.2 Å². The van der Waals surface area contributed by atoms with Crippen molar-refractivity contribution in [1.82, 2.24) is 10.2 Å². The highest BCUT2D eigenvalue weighted by Crippen LogP contribution is 2.20. The van der Waals surface area contributed by atoms with Crippen LogP contribution in [0, 0.1) is 18.6 Å². The molecule has 0 spiro atoms. The van der Waals surface area contributed by atoms with Gasteiger partial charge in [0.15, 0.2) is 0 Å². The molecule has 138 valence electrons. The number of nitrogens with one attached hydrogen (secondary N) is 1. The first-order valence-corrected chi connectivity index (χ1v) is 8.76. The van der Waals surface area contributed by atoms with E-state index in [4.69, 9.17) is 0 Å². The Morgan fingerprint density at radius 1 is 1.04 bits per heavy atom. The maximum absolute atomic E-state index is 13.9. The van der Waals surface area contributed by atoms with E-state index in [1.165, 1.54) is 12.1 Å². The molecule has 26 heavy (non-hydrogen) atoms. The number of carbonyl (C=O) groups is 1. The van der Waals surface area contributed by atoms with Crippen LogP contribution in [0.25, 0.3) is 0 Å². The van der Waals surface area contributed by atoms with Gasteiger partial charge in [-0.3, -0.25) is 9.69 Å². The molecule has 2 aromatic carbocycles. The van der Waals surface area contributed by atoms with E-state index in [1.807, 2.05) is 11.0 Å². The van der Waals surface area contributed by atoms with Gasteiger partial charge >= 0.3 is 0 Å². The van der Waals surface area contributed by atoms with Crippen LogP contribution in [0.4, 0.5) is 14.5 Å². The van der Waals surface area contributed by atoms with Crippen LogP contribution >= 0.6 is 0 Å². The van der Waals surface area contributed by atoms with Gasteiger partial charge in [0.05, 0.1) is 12.2 Å². The molecule has 1 amide bonds. The zero-order valence-corrected chi connectivity index (χ0v) is 14.8. The van der Waals surface area contributed by atoms with E-state index in [0.717, 1.165) is 5.56 Å². The SMILES string of the molecule is Cc1cc(CNC(=O)CN2CCN(c3ccccc3F)CC2)ccc1F. The lowest BCUT2D eigenvalue weighted by atomic mass is 10.1. The molecule has 1 aliphatic heterocycles. The number of piperazine rings is 1. The summed E-state index contributed by atoms with van der Waals surface area (Å²) in [6.07, 6.45) is 0. The summed E-state index contributed by atoms with van der Waals surface area (Å²) in [5.41, 5.74) is 2.06. The summed E-state index contributed by atoms with van der Waals surface area (Å²) in [6.45, 7) is 5.18. The first kappa shape index (κ1) is 18.3. The van der Waals surface area contributed by atoms with Gasteiger partial charge in [0.25, 0.3) is 0 Å². The summed E-state index contributed by atoms with van der Waals surface area (Å²) in [6, 6.07) is 11.6. The number of halogens is 2. The van der Waals surface area contributed by atoms with Crippen LogP contribution < -0.4 is 10.2 Å². The zero-order chi connectivity index (χ0) is 18.5. The molecule has 0 aromatic heterocycles. The average Bonchev–Trinajstić information content (AvgIpc) is 2.64. The maximum atomic E-state index is 13.9. The number of nitrogens with zero attached hydrogens (tertiary/aromatic N) is 2. The molecule has 2 aromatic rings. The van der Waals surface area contributed by atoms with E-state index in [0.29, 0.717) is 50.5 Å². The van der Waals surface area contributed by atoms with Crippen LogP contribution in [-0.4, -0.2) is 43.5 Å². The van der Waals surface area contributed by atoms with Crippen molar-refractivity contribution in [3.63, 3.8) is 0 Å². The molecule has 0 unspecified atom stereocenters. The van der Waals surface area contributed by atoms with Gasteiger partial charge in [0, 0.05) is 32.7 Å². The van der Waals surface area contributed by atoms with Gasteiger partial charge in [-0.1, -0.05) is 24.3 Å². The van der Waals surface area contributed by atoms with Crippen molar-refractivity contribution in [2.75, 3.05) is 37.6 Å². The summed E-state index contributed by atoms with van der Waals surface area (Å²) in [7, 11) is 0. The van der Waals surface area contributed by atoms with Crippen molar-refractivity contribution in [3.8, 4) is 0 Å². The molecule has 0 bridgehead atoms. The van der Waals surface area contributed by atoms with Crippen molar-refractivity contribution >= 4 is 11.6 Å².